The largest absolute Gasteiger partial charge is 0.348 e. The molecule has 1 aromatic heterocycles. The van der Waals surface area contributed by atoms with Crippen molar-refractivity contribution in [3.8, 4) is 0 Å². The summed E-state index contributed by atoms with van der Waals surface area (Å²) in [5.74, 6) is 2.46. The third kappa shape index (κ3) is 4.32. The zero-order valence-electron chi connectivity index (χ0n) is 12.5. The molecule has 6 heteroatoms. The lowest BCUT2D eigenvalue weighted by Gasteiger charge is -2.11. The first kappa shape index (κ1) is 15.6. The molecule has 1 heterocycles. The molecule has 1 amide bonds. The van der Waals surface area contributed by atoms with Crippen LogP contribution in [0.5, 0.6) is 0 Å². The zero-order chi connectivity index (χ0) is 15.2. The molecule has 0 bridgehead atoms. The molecular formula is C15H20N4OS. The maximum atomic E-state index is 12.1. The normalized spacial score (nSPS) is 12.1. The molecule has 1 atom stereocenters. The molecule has 0 aliphatic carbocycles. The molecule has 21 heavy (non-hydrogen) atoms. The number of benzene rings is 1. The highest BCUT2D eigenvalue weighted by atomic mass is 32.2. The van der Waals surface area contributed by atoms with Gasteiger partial charge in [0.2, 0.25) is 5.91 Å². The molecule has 0 radical (unpaired) electrons. The van der Waals surface area contributed by atoms with Crippen molar-refractivity contribution in [3.05, 3.63) is 47.5 Å². The van der Waals surface area contributed by atoms with E-state index in [9.17, 15) is 4.79 Å². The molecule has 0 aliphatic heterocycles. The molecule has 0 aliphatic rings. The second kappa shape index (κ2) is 7.26. The predicted octanol–water partition coefficient (Wildman–Crippen LogP) is 2.06. The summed E-state index contributed by atoms with van der Waals surface area (Å²) < 4.78 is 1.88. The summed E-state index contributed by atoms with van der Waals surface area (Å²) in [5.41, 5.74) is 1.23. The van der Waals surface area contributed by atoms with Crippen molar-refractivity contribution in [2.75, 3.05) is 0 Å². The van der Waals surface area contributed by atoms with E-state index in [1.54, 1.807) is 11.8 Å². The summed E-state index contributed by atoms with van der Waals surface area (Å²) in [4.78, 5) is 12.1. The third-order valence-corrected chi connectivity index (χ3v) is 4.53. The van der Waals surface area contributed by atoms with Crippen LogP contribution in [0.15, 0.2) is 30.3 Å². The minimum atomic E-state index is -0.0977. The SMILES string of the molecule is Cc1nnc(CNC(=O)[C@@H](C)SCc2ccccc2)n1C. The Hall–Kier alpha value is -1.82. The van der Waals surface area contributed by atoms with Gasteiger partial charge in [-0.15, -0.1) is 22.0 Å². The van der Waals surface area contributed by atoms with Gasteiger partial charge in [0.1, 0.15) is 5.82 Å². The van der Waals surface area contributed by atoms with E-state index in [2.05, 4.69) is 27.6 Å². The van der Waals surface area contributed by atoms with E-state index in [4.69, 9.17) is 0 Å². The lowest BCUT2D eigenvalue weighted by Crippen LogP contribution is -2.31. The van der Waals surface area contributed by atoms with Gasteiger partial charge < -0.3 is 9.88 Å². The highest BCUT2D eigenvalue weighted by Crippen LogP contribution is 2.17. The molecule has 1 aromatic carbocycles. The average molecular weight is 304 g/mol. The Balaban J connectivity index is 1.79. The van der Waals surface area contributed by atoms with Crippen LogP contribution in [-0.2, 0) is 24.1 Å². The topological polar surface area (TPSA) is 59.8 Å². The lowest BCUT2D eigenvalue weighted by molar-refractivity contribution is -0.120. The van der Waals surface area contributed by atoms with Gasteiger partial charge in [-0.25, -0.2) is 0 Å². The van der Waals surface area contributed by atoms with Crippen LogP contribution in [0.3, 0.4) is 0 Å². The summed E-state index contributed by atoms with van der Waals surface area (Å²) >= 11 is 1.63. The van der Waals surface area contributed by atoms with Crippen molar-refractivity contribution in [1.82, 2.24) is 20.1 Å². The molecule has 5 nitrogen and oxygen atoms in total. The fourth-order valence-electron chi connectivity index (χ4n) is 1.79. The molecular weight excluding hydrogens is 284 g/mol. The van der Waals surface area contributed by atoms with Gasteiger partial charge in [0.25, 0.3) is 0 Å². The predicted molar refractivity (Wildman–Crippen MR) is 84.8 cm³/mol. The Labute approximate surface area is 129 Å². The third-order valence-electron chi connectivity index (χ3n) is 3.32. The number of hydrogen-bond acceptors (Lipinski definition) is 4. The molecule has 112 valence electrons. The lowest BCUT2D eigenvalue weighted by atomic mass is 10.2. The molecule has 2 rings (SSSR count). The van der Waals surface area contributed by atoms with Crippen LogP contribution in [0, 0.1) is 6.92 Å². The van der Waals surface area contributed by atoms with E-state index in [1.807, 2.05) is 43.7 Å². The number of nitrogens with zero attached hydrogens (tertiary/aromatic N) is 3. The fourth-order valence-corrected chi connectivity index (χ4v) is 2.66. The Morgan fingerprint density at radius 1 is 1.33 bits per heavy atom. The Bertz CT molecular complexity index is 597. The van der Waals surface area contributed by atoms with Crippen molar-refractivity contribution < 1.29 is 4.79 Å². The minimum Gasteiger partial charge on any atom is -0.348 e. The Morgan fingerprint density at radius 3 is 2.67 bits per heavy atom. The number of carbonyl (C=O) groups is 1. The Morgan fingerprint density at radius 2 is 2.05 bits per heavy atom. The van der Waals surface area contributed by atoms with E-state index < -0.39 is 0 Å². The van der Waals surface area contributed by atoms with Crippen molar-refractivity contribution in [3.63, 3.8) is 0 Å². The Kier molecular flexibility index (Phi) is 5.38. The van der Waals surface area contributed by atoms with Crippen molar-refractivity contribution in [1.29, 1.82) is 0 Å². The molecule has 0 saturated carbocycles. The summed E-state index contributed by atoms with van der Waals surface area (Å²) in [6, 6.07) is 10.2. The van der Waals surface area contributed by atoms with E-state index in [1.165, 1.54) is 5.56 Å². The molecule has 0 fully saturated rings. The van der Waals surface area contributed by atoms with Crippen molar-refractivity contribution in [2.45, 2.75) is 31.4 Å². The standard InChI is InChI=1S/C15H20N4OS/c1-11(21-10-13-7-5-4-6-8-13)15(20)16-9-14-18-17-12(2)19(14)3/h4-8,11H,9-10H2,1-3H3,(H,16,20)/t11-/m1/s1. The minimum absolute atomic E-state index is 0.0246. The second-order valence-corrected chi connectivity index (χ2v) is 6.21. The van der Waals surface area contributed by atoms with Crippen LogP contribution in [0.2, 0.25) is 0 Å². The first-order valence-electron chi connectivity index (χ1n) is 6.86. The van der Waals surface area contributed by atoms with Gasteiger partial charge >= 0.3 is 0 Å². The van der Waals surface area contributed by atoms with Crippen molar-refractivity contribution in [2.24, 2.45) is 7.05 Å². The maximum Gasteiger partial charge on any atom is 0.233 e. The van der Waals surface area contributed by atoms with Crippen LogP contribution >= 0.6 is 11.8 Å². The summed E-state index contributed by atoms with van der Waals surface area (Å²) in [7, 11) is 1.89. The number of nitrogens with one attached hydrogen (secondary N) is 1. The summed E-state index contributed by atoms with van der Waals surface area (Å²) in [6.45, 7) is 4.22. The zero-order valence-corrected chi connectivity index (χ0v) is 13.4. The van der Waals surface area contributed by atoms with Gasteiger partial charge in [0.05, 0.1) is 11.8 Å². The quantitative estimate of drug-likeness (QED) is 0.887. The van der Waals surface area contributed by atoms with E-state index in [0.29, 0.717) is 6.54 Å². The molecule has 0 saturated heterocycles. The van der Waals surface area contributed by atoms with Gasteiger partial charge in [-0.05, 0) is 19.4 Å². The first-order chi connectivity index (χ1) is 10.1. The number of aromatic nitrogens is 3. The van der Waals surface area contributed by atoms with Gasteiger partial charge in [0.15, 0.2) is 5.82 Å². The van der Waals surface area contributed by atoms with Crippen LogP contribution in [0.1, 0.15) is 24.1 Å². The molecule has 1 N–H and O–H groups in total. The molecule has 0 spiro atoms. The number of rotatable bonds is 6. The highest BCUT2D eigenvalue weighted by Gasteiger charge is 2.14. The van der Waals surface area contributed by atoms with E-state index in [-0.39, 0.29) is 11.2 Å². The van der Waals surface area contributed by atoms with Gasteiger partial charge in [-0.1, -0.05) is 30.3 Å². The second-order valence-electron chi connectivity index (χ2n) is 4.88. The van der Waals surface area contributed by atoms with Gasteiger partial charge in [0, 0.05) is 12.8 Å². The summed E-state index contributed by atoms with van der Waals surface area (Å²) in [6.07, 6.45) is 0. The van der Waals surface area contributed by atoms with Crippen LogP contribution in [0.25, 0.3) is 0 Å². The van der Waals surface area contributed by atoms with Gasteiger partial charge in [-0.2, -0.15) is 0 Å². The number of aryl methyl sites for hydroxylation is 1. The smallest absolute Gasteiger partial charge is 0.233 e. The fraction of sp³-hybridized carbons (Fsp3) is 0.400. The molecule has 0 unspecified atom stereocenters. The number of thioether (sulfide) groups is 1. The summed E-state index contributed by atoms with van der Waals surface area (Å²) in [5, 5.41) is 10.8. The maximum absolute atomic E-state index is 12.1. The number of hydrogen-bond donors (Lipinski definition) is 1. The van der Waals surface area contributed by atoms with Crippen LogP contribution in [0.4, 0.5) is 0 Å². The van der Waals surface area contributed by atoms with Crippen molar-refractivity contribution >= 4 is 17.7 Å². The average Bonchev–Trinajstić information content (AvgIpc) is 2.83. The number of amides is 1. The van der Waals surface area contributed by atoms with Gasteiger partial charge in [-0.3, -0.25) is 4.79 Å². The van der Waals surface area contributed by atoms with Crippen LogP contribution in [-0.4, -0.2) is 25.9 Å². The van der Waals surface area contributed by atoms with Crippen LogP contribution < -0.4 is 5.32 Å². The first-order valence-corrected chi connectivity index (χ1v) is 7.91. The van der Waals surface area contributed by atoms with E-state index in [0.717, 1.165) is 17.4 Å². The molecule has 2 aromatic rings. The highest BCUT2D eigenvalue weighted by molar-refractivity contribution is 7.99. The number of carbonyl (C=O) groups excluding carboxylic acids is 1. The van der Waals surface area contributed by atoms with E-state index >= 15 is 0 Å². The monoisotopic (exact) mass is 304 g/mol.